The Morgan fingerprint density at radius 3 is 0.922 bits per heavy atom. The minimum atomic E-state index is -6.13. The molecule has 0 spiro atoms. The van der Waals surface area contributed by atoms with E-state index in [4.69, 9.17) is 0 Å². The Balaban J connectivity index is 0.000000397. The molecule has 1 aromatic heterocycles. The minimum absolute atomic E-state index is 0.108. The third kappa shape index (κ3) is 13.6. The van der Waals surface area contributed by atoms with Gasteiger partial charge in [0.25, 0.3) is 0 Å². The normalized spacial score (nSPS) is 13.4. The van der Waals surface area contributed by atoms with E-state index in [0.717, 1.165) is 21.2 Å². The molecule has 0 unspecified atom stereocenters. The van der Waals surface area contributed by atoms with Crippen LogP contribution < -0.4 is 26.4 Å². The molecule has 0 radical (unpaired) electrons. The highest BCUT2D eigenvalue weighted by Crippen LogP contribution is 2.41. The number of rotatable bonds is 7. The first-order valence-corrected chi connectivity index (χ1v) is 21.5. The van der Waals surface area contributed by atoms with E-state index in [1.54, 1.807) is 0 Å². The molecule has 0 saturated carbocycles. The summed E-state index contributed by atoms with van der Waals surface area (Å²) < 4.78 is 343. The summed E-state index contributed by atoms with van der Waals surface area (Å²) in [6, 6.07) is 8.56. The zero-order valence-electron chi connectivity index (χ0n) is 37.4. The van der Waals surface area contributed by atoms with E-state index in [1.807, 2.05) is 71.6 Å². The molecular formula is C49H26BF24NOS. The summed E-state index contributed by atoms with van der Waals surface area (Å²) in [5.74, 6) is 0.108. The third-order valence-electron chi connectivity index (χ3n) is 11.7. The number of ketones is 1. The quantitative estimate of drug-likeness (QED) is 0.0555. The highest BCUT2D eigenvalue weighted by molar-refractivity contribution is 7.80. The first-order valence-electron chi connectivity index (χ1n) is 21.0. The van der Waals surface area contributed by atoms with Crippen molar-refractivity contribution >= 4 is 57.2 Å². The lowest BCUT2D eigenvalue weighted by atomic mass is 9.12. The Bertz CT molecular complexity index is 2870. The standard InChI is InChI=1S/C32H12BF24.C17H13NOS/c34-25(35,36)13-1-14(26(37,38)39)6-21(5-13)33(22-7-15(27(40,41)42)2-16(8-22)28(43,44)45,23-9-17(29(46,47)48)3-18(10-23)30(49,50)51)24-11-19(31(52,53)54)4-20(12-24)32(55,56)57;19-17(14-4-2-1-3-5-14)12-18-9-8-13-6-7-16(20)10-15(13)11-18/h1-12H;1-11H,12H2/q-1;/p+1. The summed E-state index contributed by atoms with van der Waals surface area (Å²) in [6.45, 7) is 0.344. The predicted molar refractivity (Wildman–Crippen MR) is 232 cm³/mol. The van der Waals surface area contributed by atoms with Crippen LogP contribution >= 0.6 is 12.6 Å². The van der Waals surface area contributed by atoms with Gasteiger partial charge in [0, 0.05) is 21.9 Å². The van der Waals surface area contributed by atoms with E-state index in [2.05, 4.69) is 12.6 Å². The van der Waals surface area contributed by atoms with Crippen molar-refractivity contribution in [3.63, 3.8) is 0 Å². The number of pyridine rings is 1. The van der Waals surface area contributed by atoms with Gasteiger partial charge in [0.2, 0.25) is 12.3 Å². The Morgan fingerprint density at radius 1 is 0.364 bits per heavy atom. The average molecular weight is 1140 g/mol. The summed E-state index contributed by atoms with van der Waals surface area (Å²) in [6.07, 6.45) is -50.9. The number of thiol groups is 1. The number of benzene rings is 6. The lowest BCUT2D eigenvalue weighted by molar-refractivity contribution is -0.681. The predicted octanol–water partition coefficient (Wildman–Crippen LogP) is 14.5. The van der Waals surface area contributed by atoms with Crippen LogP contribution in [0.2, 0.25) is 0 Å². The second-order valence-electron chi connectivity index (χ2n) is 16.9. The fraction of sp³-hybridized carbons (Fsp3) is 0.184. The van der Waals surface area contributed by atoms with Crippen LogP contribution in [0.3, 0.4) is 0 Å². The lowest BCUT2D eigenvalue weighted by Crippen LogP contribution is -2.75. The van der Waals surface area contributed by atoms with Crippen LogP contribution in [0.5, 0.6) is 0 Å². The van der Waals surface area contributed by atoms with E-state index < -0.39 is 195 Å². The molecule has 28 heteroatoms. The number of alkyl halides is 24. The highest BCUT2D eigenvalue weighted by atomic mass is 32.1. The smallest absolute Gasteiger partial charge is 0.287 e. The Hall–Kier alpha value is -6.87. The molecule has 0 aliphatic heterocycles. The highest BCUT2D eigenvalue weighted by Gasteiger charge is 2.47. The fourth-order valence-corrected chi connectivity index (χ4v) is 8.49. The Labute approximate surface area is 421 Å². The van der Waals surface area contributed by atoms with Crippen LogP contribution in [-0.2, 0) is 56.0 Å². The van der Waals surface area contributed by atoms with E-state index in [9.17, 15) is 110 Å². The summed E-state index contributed by atoms with van der Waals surface area (Å²) in [4.78, 5) is 13.1. The van der Waals surface area contributed by atoms with Gasteiger partial charge in [0.1, 0.15) is 6.15 Å². The molecule has 0 saturated heterocycles. The molecule has 0 bridgehead atoms. The van der Waals surface area contributed by atoms with Crippen molar-refractivity contribution in [2.45, 2.75) is 60.9 Å². The molecule has 410 valence electrons. The van der Waals surface area contributed by atoms with Crippen molar-refractivity contribution in [3.05, 3.63) is 190 Å². The van der Waals surface area contributed by atoms with Crippen molar-refractivity contribution in [3.8, 4) is 0 Å². The molecule has 77 heavy (non-hydrogen) atoms. The van der Waals surface area contributed by atoms with Gasteiger partial charge in [0.15, 0.2) is 12.4 Å². The number of aromatic nitrogens is 1. The van der Waals surface area contributed by atoms with Crippen LogP contribution in [-0.4, -0.2) is 11.9 Å². The molecule has 0 amide bonds. The monoisotopic (exact) mass is 1140 g/mol. The van der Waals surface area contributed by atoms with Crippen molar-refractivity contribution in [2.24, 2.45) is 0 Å². The van der Waals surface area contributed by atoms with Gasteiger partial charge in [-0.15, -0.1) is 12.6 Å². The van der Waals surface area contributed by atoms with Gasteiger partial charge >= 0.3 is 49.4 Å². The number of hydrogen-bond acceptors (Lipinski definition) is 2. The van der Waals surface area contributed by atoms with E-state index in [0.29, 0.717) is 6.54 Å². The summed E-state index contributed by atoms with van der Waals surface area (Å²) in [7, 11) is 0. The Morgan fingerprint density at radius 2 is 0.649 bits per heavy atom. The maximum Gasteiger partial charge on any atom is 0.416 e. The molecule has 0 aliphatic rings. The van der Waals surface area contributed by atoms with Gasteiger partial charge in [-0.2, -0.15) is 132 Å². The van der Waals surface area contributed by atoms with Gasteiger partial charge in [-0.1, -0.05) is 84.9 Å². The molecule has 7 aromatic rings. The molecule has 0 fully saturated rings. The fourth-order valence-electron chi connectivity index (χ4n) is 8.27. The van der Waals surface area contributed by atoms with Crippen LogP contribution in [0.1, 0.15) is 54.9 Å². The molecule has 7 rings (SSSR count). The Kier molecular flexibility index (Phi) is 15.8. The van der Waals surface area contributed by atoms with Gasteiger partial charge < -0.3 is 0 Å². The number of halogens is 24. The molecule has 0 aliphatic carbocycles. The van der Waals surface area contributed by atoms with Crippen molar-refractivity contribution in [1.29, 1.82) is 0 Å². The topological polar surface area (TPSA) is 20.9 Å². The van der Waals surface area contributed by atoms with Gasteiger partial charge in [0.05, 0.1) is 44.5 Å². The minimum Gasteiger partial charge on any atom is -0.287 e. The van der Waals surface area contributed by atoms with Crippen LogP contribution in [0.4, 0.5) is 105 Å². The number of Topliss-reactive ketones (excluding diaryl/α,β-unsaturated/α-hetero) is 1. The van der Waals surface area contributed by atoms with Crippen LogP contribution in [0.25, 0.3) is 10.8 Å². The molecule has 2 nitrogen and oxygen atoms in total. The molecule has 6 aromatic carbocycles. The molecular weight excluding hydrogens is 1120 g/mol. The number of carbonyl (C=O) groups excluding carboxylic acids is 1. The first kappa shape index (κ1) is 59.4. The summed E-state index contributed by atoms with van der Waals surface area (Å²) in [5.41, 5.74) is -29.5. The van der Waals surface area contributed by atoms with Crippen LogP contribution in [0, 0.1) is 0 Å². The first-order chi connectivity index (χ1) is 35.0. The van der Waals surface area contributed by atoms with Crippen molar-refractivity contribution in [1.82, 2.24) is 0 Å². The van der Waals surface area contributed by atoms with E-state index >= 15 is 0 Å². The summed E-state index contributed by atoms with van der Waals surface area (Å²) >= 11 is 4.35. The van der Waals surface area contributed by atoms with E-state index in [-0.39, 0.29) is 5.78 Å². The van der Waals surface area contributed by atoms with Gasteiger partial charge in [-0.05, 0) is 41.8 Å². The number of nitrogens with zero attached hydrogens (tertiary/aromatic N) is 1. The second kappa shape index (κ2) is 20.5. The van der Waals surface area contributed by atoms with Crippen molar-refractivity contribution in [2.75, 3.05) is 0 Å². The average Bonchev–Trinajstić information content (AvgIpc) is 3.29. The SMILES string of the molecule is FC(F)(F)c1cc([B-](c2cc(C(F)(F)F)cc(C(F)(F)F)c2)(c2cc(C(F)(F)F)cc(C(F)(F)F)c2)c2cc(C(F)(F)F)cc(C(F)(F)F)c2)cc(C(F)(F)F)c1.O=C(C[n+]1ccc2ccc(S)cc2c1)c1ccccc1. The van der Waals surface area contributed by atoms with Gasteiger partial charge in [-0.3, -0.25) is 4.79 Å². The molecule has 1 heterocycles. The largest absolute Gasteiger partial charge is 0.416 e. The molecule has 0 atom stereocenters. The van der Waals surface area contributed by atoms with Crippen LogP contribution in [0.15, 0.2) is 145 Å². The van der Waals surface area contributed by atoms with E-state index in [1.165, 1.54) is 0 Å². The number of hydrogen-bond donors (Lipinski definition) is 1. The third-order valence-corrected chi connectivity index (χ3v) is 12.0. The summed E-state index contributed by atoms with van der Waals surface area (Å²) in [5, 5.41) is 2.23. The van der Waals surface area contributed by atoms with Gasteiger partial charge in [-0.25, -0.2) is 0 Å². The van der Waals surface area contributed by atoms with Crippen molar-refractivity contribution < 1.29 is 115 Å². The lowest BCUT2D eigenvalue weighted by Gasteiger charge is -2.46. The number of carbonyl (C=O) groups is 1. The zero-order chi connectivity index (χ0) is 57.9. The number of fused-ring (bicyclic) bond motifs is 1. The molecule has 0 N–H and O–H groups in total. The second-order valence-corrected chi connectivity index (χ2v) is 17.5. The zero-order valence-corrected chi connectivity index (χ0v) is 38.3. The maximum atomic E-state index is 14.2. The maximum absolute atomic E-state index is 14.2.